The number of rotatable bonds is 27. The molecule has 0 aliphatic carbocycles. The molecule has 6 atom stereocenters. The van der Waals surface area contributed by atoms with Crippen LogP contribution in [0.1, 0.15) is 97.3 Å². The van der Waals surface area contributed by atoms with Crippen molar-refractivity contribution in [3.63, 3.8) is 0 Å². The standard InChI is InChI=1S/C33H61N9O8/c1-21(2)28(42-29(46)23-13-9-19-37-23)33(50)41-25(12-5-8-18-36)32(49)39-24(11-4-7-17-35)31(48)40-26(14-15-27(44)45)30(47)38-22(20-43)10-3-6-16-34/h20-26,28,37H,3-19,34-36H2,1-2H3,(H,38,47)(H,39,49)(H,40,48)(H,41,50)(H,42,46)(H,44,45)/t22-,23-,24-,25-,26-,28-/m0/s1. The van der Waals surface area contributed by atoms with Crippen LogP contribution in [-0.4, -0.2) is 109 Å². The lowest BCUT2D eigenvalue weighted by molar-refractivity contribution is -0.138. The highest BCUT2D eigenvalue weighted by atomic mass is 16.4. The van der Waals surface area contributed by atoms with Crippen LogP contribution in [0.15, 0.2) is 0 Å². The summed E-state index contributed by atoms with van der Waals surface area (Å²) in [6.45, 7) is 5.38. The summed E-state index contributed by atoms with van der Waals surface area (Å²) in [6, 6.07) is -5.72. The topological polar surface area (TPSA) is 290 Å². The minimum atomic E-state index is -1.31. The van der Waals surface area contributed by atoms with E-state index in [0.717, 1.165) is 6.42 Å². The van der Waals surface area contributed by atoms with Gasteiger partial charge in [0, 0.05) is 6.42 Å². The Hall–Kier alpha value is -3.67. The van der Waals surface area contributed by atoms with Crippen LogP contribution in [-0.2, 0) is 33.6 Å². The van der Waals surface area contributed by atoms with E-state index in [9.17, 15) is 38.7 Å². The zero-order valence-corrected chi connectivity index (χ0v) is 29.7. The van der Waals surface area contributed by atoms with Crippen LogP contribution < -0.4 is 49.1 Å². The summed E-state index contributed by atoms with van der Waals surface area (Å²) in [5.74, 6) is -4.46. The van der Waals surface area contributed by atoms with E-state index in [1.165, 1.54) is 0 Å². The summed E-state index contributed by atoms with van der Waals surface area (Å²) >= 11 is 0. The van der Waals surface area contributed by atoms with E-state index in [2.05, 4.69) is 31.9 Å². The van der Waals surface area contributed by atoms with Crippen LogP contribution in [0, 0.1) is 5.92 Å². The lowest BCUT2D eigenvalue weighted by atomic mass is 10.0. The van der Waals surface area contributed by atoms with Gasteiger partial charge in [0.05, 0.1) is 12.1 Å². The molecule has 0 aromatic rings. The van der Waals surface area contributed by atoms with E-state index in [1.54, 1.807) is 13.8 Å². The van der Waals surface area contributed by atoms with Crippen LogP contribution in [0.25, 0.3) is 0 Å². The molecule has 0 bridgehead atoms. The number of carbonyl (C=O) groups excluding carboxylic acids is 6. The third-order valence-electron chi connectivity index (χ3n) is 8.52. The fourth-order valence-electron chi connectivity index (χ4n) is 5.53. The lowest BCUT2D eigenvalue weighted by Gasteiger charge is -2.28. The summed E-state index contributed by atoms with van der Waals surface area (Å²) in [7, 11) is 0. The summed E-state index contributed by atoms with van der Waals surface area (Å²) < 4.78 is 0. The molecule has 5 amide bonds. The van der Waals surface area contributed by atoms with Gasteiger partial charge < -0.3 is 59.0 Å². The van der Waals surface area contributed by atoms with Gasteiger partial charge in [-0.3, -0.25) is 28.8 Å². The molecule has 0 saturated carbocycles. The smallest absolute Gasteiger partial charge is 0.303 e. The number of carboxylic acid groups (broad SMARTS) is 1. The van der Waals surface area contributed by atoms with Crippen LogP contribution in [0.5, 0.6) is 0 Å². The van der Waals surface area contributed by atoms with Gasteiger partial charge in [-0.05, 0) is 109 Å². The molecule has 0 aromatic heterocycles. The third-order valence-corrected chi connectivity index (χ3v) is 8.52. The number of hydrogen-bond acceptors (Lipinski definition) is 11. The number of carboxylic acids is 1. The summed E-state index contributed by atoms with van der Waals surface area (Å²) in [5.41, 5.74) is 16.8. The normalized spacial score (nSPS) is 17.1. The van der Waals surface area contributed by atoms with Crippen molar-refractivity contribution in [2.45, 2.75) is 134 Å². The SMILES string of the molecule is CC(C)[C@H](NC(=O)[C@@H]1CCCN1)C(=O)N[C@@H](CCCCN)C(=O)N[C@@H](CCCCN)C(=O)N[C@@H](CCC(=O)O)C(=O)N[C@H](C=O)CCCCN. The van der Waals surface area contributed by atoms with E-state index >= 15 is 0 Å². The highest BCUT2D eigenvalue weighted by Crippen LogP contribution is 2.11. The highest BCUT2D eigenvalue weighted by molar-refractivity contribution is 5.96. The number of amides is 5. The molecule has 50 heavy (non-hydrogen) atoms. The predicted molar refractivity (Wildman–Crippen MR) is 187 cm³/mol. The van der Waals surface area contributed by atoms with Crippen molar-refractivity contribution < 1.29 is 38.7 Å². The number of carbonyl (C=O) groups is 7. The molecule has 17 nitrogen and oxygen atoms in total. The van der Waals surface area contributed by atoms with Gasteiger partial charge in [-0.25, -0.2) is 0 Å². The Morgan fingerprint density at radius 1 is 0.700 bits per heavy atom. The van der Waals surface area contributed by atoms with E-state index in [1.807, 2.05) is 0 Å². The predicted octanol–water partition coefficient (Wildman–Crippen LogP) is -1.73. The van der Waals surface area contributed by atoms with Crippen LogP contribution in [0.4, 0.5) is 0 Å². The van der Waals surface area contributed by atoms with Crippen molar-refractivity contribution in [1.82, 2.24) is 31.9 Å². The molecule has 1 rings (SSSR count). The summed E-state index contributed by atoms with van der Waals surface area (Å²) in [6.07, 6.45) is 5.29. The van der Waals surface area contributed by atoms with Crippen molar-refractivity contribution in [1.29, 1.82) is 0 Å². The van der Waals surface area contributed by atoms with Gasteiger partial charge in [-0.2, -0.15) is 0 Å². The Labute approximate surface area is 295 Å². The van der Waals surface area contributed by atoms with E-state index < -0.39 is 72.3 Å². The van der Waals surface area contributed by atoms with Gasteiger partial charge in [0.1, 0.15) is 30.5 Å². The van der Waals surface area contributed by atoms with Crippen molar-refractivity contribution in [3.8, 4) is 0 Å². The van der Waals surface area contributed by atoms with Gasteiger partial charge in [-0.15, -0.1) is 0 Å². The first kappa shape index (κ1) is 44.4. The summed E-state index contributed by atoms with van der Waals surface area (Å²) in [5, 5.41) is 25.7. The molecule has 286 valence electrons. The Morgan fingerprint density at radius 3 is 1.62 bits per heavy atom. The Bertz CT molecular complexity index is 1090. The van der Waals surface area contributed by atoms with Gasteiger partial charge in [0.2, 0.25) is 29.5 Å². The van der Waals surface area contributed by atoms with Crippen molar-refractivity contribution in [2.75, 3.05) is 26.2 Å². The van der Waals surface area contributed by atoms with E-state index in [4.69, 9.17) is 17.2 Å². The molecule has 1 saturated heterocycles. The van der Waals surface area contributed by atoms with Crippen molar-refractivity contribution >= 4 is 41.8 Å². The monoisotopic (exact) mass is 711 g/mol. The fraction of sp³-hybridized carbons (Fsp3) is 0.788. The first-order valence-electron chi connectivity index (χ1n) is 17.9. The maximum atomic E-state index is 13.7. The molecule has 13 N–H and O–H groups in total. The lowest BCUT2D eigenvalue weighted by Crippen LogP contribution is -2.59. The second-order valence-corrected chi connectivity index (χ2v) is 13.1. The number of aldehydes is 1. The Morgan fingerprint density at radius 2 is 1.18 bits per heavy atom. The minimum absolute atomic E-state index is 0.140. The highest BCUT2D eigenvalue weighted by Gasteiger charge is 2.34. The number of aliphatic carboxylic acids is 1. The Kier molecular flexibility index (Phi) is 22.4. The quantitative estimate of drug-likeness (QED) is 0.0336. The molecule has 0 unspecified atom stereocenters. The first-order chi connectivity index (χ1) is 23.9. The first-order valence-corrected chi connectivity index (χ1v) is 17.9. The largest absolute Gasteiger partial charge is 0.481 e. The van der Waals surface area contributed by atoms with Gasteiger partial charge in [0.15, 0.2) is 0 Å². The number of unbranched alkanes of at least 4 members (excludes halogenated alkanes) is 3. The second-order valence-electron chi connectivity index (χ2n) is 13.1. The molecule has 0 spiro atoms. The molecule has 1 fully saturated rings. The van der Waals surface area contributed by atoms with Gasteiger partial charge >= 0.3 is 5.97 Å². The van der Waals surface area contributed by atoms with Crippen LogP contribution in [0.2, 0.25) is 0 Å². The van der Waals surface area contributed by atoms with Crippen LogP contribution >= 0.6 is 0 Å². The maximum Gasteiger partial charge on any atom is 0.303 e. The number of hydrogen-bond donors (Lipinski definition) is 10. The molecular weight excluding hydrogens is 650 g/mol. The molecule has 1 heterocycles. The minimum Gasteiger partial charge on any atom is -0.481 e. The zero-order valence-electron chi connectivity index (χ0n) is 29.7. The Balaban J connectivity index is 3.18. The molecule has 0 aromatic carbocycles. The fourth-order valence-corrected chi connectivity index (χ4v) is 5.53. The van der Waals surface area contributed by atoms with Crippen LogP contribution in [0.3, 0.4) is 0 Å². The second kappa shape index (κ2) is 25.3. The number of nitrogens with one attached hydrogen (secondary N) is 6. The van der Waals surface area contributed by atoms with E-state index in [0.29, 0.717) is 83.8 Å². The van der Waals surface area contributed by atoms with E-state index in [-0.39, 0.29) is 31.1 Å². The third kappa shape index (κ3) is 17.3. The molecule has 17 heteroatoms. The molecular formula is C33H61N9O8. The number of nitrogens with two attached hydrogens (primary N) is 3. The van der Waals surface area contributed by atoms with Gasteiger partial charge in [0.25, 0.3) is 0 Å². The molecule has 1 aliphatic heterocycles. The maximum absolute atomic E-state index is 13.7. The zero-order chi connectivity index (χ0) is 37.5. The summed E-state index contributed by atoms with van der Waals surface area (Å²) in [4.78, 5) is 89.8. The average molecular weight is 712 g/mol. The van der Waals surface area contributed by atoms with Gasteiger partial charge in [-0.1, -0.05) is 13.8 Å². The van der Waals surface area contributed by atoms with Crippen molar-refractivity contribution in [2.24, 2.45) is 23.1 Å². The molecule has 1 aliphatic rings. The molecule has 0 radical (unpaired) electrons. The average Bonchev–Trinajstić information content (AvgIpc) is 3.62. The van der Waals surface area contributed by atoms with Crippen molar-refractivity contribution in [3.05, 3.63) is 0 Å².